The minimum Gasteiger partial charge on any atom is -0.497 e. The number of hydrogen-bond donors (Lipinski definition) is 1. The molecular formula is C25H28BrNO3. The smallest absolute Gasteiger partial charge is 0.175 e. The normalized spacial score (nSPS) is 10.7. The lowest BCUT2D eigenvalue weighted by Crippen LogP contribution is -2.16. The fourth-order valence-corrected chi connectivity index (χ4v) is 3.80. The van der Waals surface area contributed by atoms with Gasteiger partial charge in [0, 0.05) is 6.54 Å². The van der Waals surface area contributed by atoms with Crippen LogP contribution >= 0.6 is 15.9 Å². The van der Waals surface area contributed by atoms with Gasteiger partial charge in [-0.25, -0.2) is 0 Å². The number of rotatable bonds is 10. The van der Waals surface area contributed by atoms with Crippen LogP contribution < -0.4 is 19.5 Å². The molecule has 1 N–H and O–H groups in total. The molecule has 0 aliphatic rings. The Hall–Kier alpha value is -2.50. The van der Waals surface area contributed by atoms with Gasteiger partial charge in [-0.1, -0.05) is 36.4 Å². The van der Waals surface area contributed by atoms with Gasteiger partial charge in [-0.2, -0.15) is 0 Å². The van der Waals surface area contributed by atoms with Crippen molar-refractivity contribution in [3.8, 4) is 17.2 Å². The van der Waals surface area contributed by atoms with Crippen LogP contribution in [0.15, 0.2) is 65.1 Å². The van der Waals surface area contributed by atoms with Crippen LogP contribution in [0, 0.1) is 6.92 Å². The Morgan fingerprint density at radius 3 is 2.37 bits per heavy atom. The summed E-state index contributed by atoms with van der Waals surface area (Å²) in [7, 11) is 3.35. The van der Waals surface area contributed by atoms with Crippen molar-refractivity contribution in [2.45, 2.75) is 26.5 Å². The van der Waals surface area contributed by atoms with E-state index in [1.807, 2.05) is 30.3 Å². The Morgan fingerprint density at radius 2 is 1.67 bits per heavy atom. The second-order valence-corrected chi connectivity index (χ2v) is 7.95. The van der Waals surface area contributed by atoms with Gasteiger partial charge in [0.25, 0.3) is 0 Å². The molecule has 3 aromatic carbocycles. The van der Waals surface area contributed by atoms with E-state index in [0.29, 0.717) is 6.61 Å². The van der Waals surface area contributed by atoms with Crippen LogP contribution in [0.5, 0.6) is 17.2 Å². The largest absolute Gasteiger partial charge is 0.497 e. The fraction of sp³-hybridized carbons (Fsp3) is 0.280. The molecule has 3 rings (SSSR count). The van der Waals surface area contributed by atoms with Crippen molar-refractivity contribution < 1.29 is 14.2 Å². The molecule has 158 valence electrons. The highest BCUT2D eigenvalue weighted by molar-refractivity contribution is 9.10. The summed E-state index contributed by atoms with van der Waals surface area (Å²) in [5.41, 5.74) is 4.79. The highest BCUT2D eigenvalue weighted by atomic mass is 79.9. The zero-order chi connectivity index (χ0) is 21.3. The summed E-state index contributed by atoms with van der Waals surface area (Å²) in [6.07, 6.45) is 0.958. The highest BCUT2D eigenvalue weighted by Crippen LogP contribution is 2.37. The Labute approximate surface area is 187 Å². The SMILES string of the molecule is COc1ccc(CCNCc2cc(Br)c(OCc3ccccc3C)c(OC)c2)cc1. The quantitative estimate of drug-likeness (QED) is 0.387. The Morgan fingerprint density at radius 1 is 0.900 bits per heavy atom. The summed E-state index contributed by atoms with van der Waals surface area (Å²) >= 11 is 3.65. The molecule has 30 heavy (non-hydrogen) atoms. The number of nitrogens with one attached hydrogen (secondary N) is 1. The first-order valence-electron chi connectivity index (χ1n) is 9.98. The first kappa shape index (κ1) is 22.2. The van der Waals surface area contributed by atoms with Crippen molar-refractivity contribution in [2.24, 2.45) is 0 Å². The fourth-order valence-electron chi connectivity index (χ4n) is 3.19. The van der Waals surface area contributed by atoms with E-state index in [9.17, 15) is 0 Å². The second-order valence-electron chi connectivity index (χ2n) is 7.10. The van der Waals surface area contributed by atoms with Crippen LogP contribution in [0.2, 0.25) is 0 Å². The zero-order valence-corrected chi connectivity index (χ0v) is 19.3. The Bertz CT molecular complexity index is 957. The molecule has 0 spiro atoms. The van der Waals surface area contributed by atoms with Crippen molar-refractivity contribution >= 4 is 15.9 Å². The lowest BCUT2D eigenvalue weighted by atomic mass is 10.1. The number of halogens is 1. The van der Waals surface area contributed by atoms with Crippen LogP contribution in [0.3, 0.4) is 0 Å². The predicted molar refractivity (Wildman–Crippen MR) is 125 cm³/mol. The Kier molecular flexibility index (Phi) is 8.17. The third-order valence-electron chi connectivity index (χ3n) is 5.00. The molecule has 5 heteroatoms. The average Bonchev–Trinajstić information content (AvgIpc) is 2.77. The van der Waals surface area contributed by atoms with E-state index in [-0.39, 0.29) is 0 Å². The lowest BCUT2D eigenvalue weighted by molar-refractivity contribution is 0.281. The van der Waals surface area contributed by atoms with Crippen LogP contribution in [0.1, 0.15) is 22.3 Å². The second kappa shape index (κ2) is 11.0. The molecular weight excluding hydrogens is 442 g/mol. The molecule has 0 saturated heterocycles. The van der Waals surface area contributed by atoms with Gasteiger partial charge in [0.15, 0.2) is 11.5 Å². The number of hydrogen-bond acceptors (Lipinski definition) is 4. The van der Waals surface area contributed by atoms with Gasteiger partial charge in [-0.15, -0.1) is 0 Å². The number of benzene rings is 3. The van der Waals surface area contributed by atoms with E-state index < -0.39 is 0 Å². The molecule has 0 aromatic heterocycles. The third kappa shape index (κ3) is 6.00. The molecule has 0 bridgehead atoms. The van der Waals surface area contributed by atoms with Gasteiger partial charge < -0.3 is 19.5 Å². The lowest BCUT2D eigenvalue weighted by Gasteiger charge is -2.15. The average molecular weight is 470 g/mol. The summed E-state index contributed by atoms with van der Waals surface area (Å²) in [6, 6.07) is 20.5. The molecule has 0 radical (unpaired) electrons. The Balaban J connectivity index is 1.57. The van der Waals surface area contributed by atoms with E-state index in [2.05, 4.69) is 58.5 Å². The van der Waals surface area contributed by atoms with E-state index in [1.54, 1.807) is 14.2 Å². The molecule has 0 amide bonds. The van der Waals surface area contributed by atoms with Crippen molar-refractivity contribution in [1.82, 2.24) is 5.32 Å². The maximum atomic E-state index is 6.08. The standard InChI is InChI=1S/C25H28BrNO3/c1-18-6-4-5-7-21(18)17-30-25-23(26)14-20(15-24(25)29-3)16-27-13-12-19-8-10-22(28-2)11-9-19/h4-11,14-15,27H,12-13,16-17H2,1-3H3. The molecule has 0 aliphatic heterocycles. The number of ether oxygens (including phenoxy) is 3. The molecule has 0 unspecified atom stereocenters. The first-order valence-corrected chi connectivity index (χ1v) is 10.8. The van der Waals surface area contributed by atoms with Gasteiger partial charge >= 0.3 is 0 Å². The molecule has 3 aromatic rings. The van der Waals surface area contributed by atoms with E-state index in [4.69, 9.17) is 14.2 Å². The van der Waals surface area contributed by atoms with Crippen LogP contribution in [-0.2, 0) is 19.6 Å². The van der Waals surface area contributed by atoms with E-state index in [1.165, 1.54) is 11.1 Å². The van der Waals surface area contributed by atoms with Crippen LogP contribution in [0.4, 0.5) is 0 Å². The maximum Gasteiger partial charge on any atom is 0.175 e. The summed E-state index contributed by atoms with van der Waals surface area (Å²) in [4.78, 5) is 0. The number of methoxy groups -OCH3 is 2. The number of aryl methyl sites for hydroxylation is 1. The van der Waals surface area contributed by atoms with Gasteiger partial charge in [0.05, 0.1) is 18.7 Å². The molecule has 0 atom stereocenters. The van der Waals surface area contributed by atoms with Crippen molar-refractivity contribution in [3.05, 3.63) is 87.4 Å². The molecule has 0 fully saturated rings. The highest BCUT2D eigenvalue weighted by Gasteiger charge is 2.12. The third-order valence-corrected chi connectivity index (χ3v) is 5.59. The monoisotopic (exact) mass is 469 g/mol. The van der Waals surface area contributed by atoms with Crippen LogP contribution in [0.25, 0.3) is 0 Å². The summed E-state index contributed by atoms with van der Waals surface area (Å²) in [5.74, 6) is 2.33. The van der Waals surface area contributed by atoms with E-state index >= 15 is 0 Å². The zero-order valence-electron chi connectivity index (χ0n) is 17.7. The topological polar surface area (TPSA) is 39.7 Å². The summed E-state index contributed by atoms with van der Waals surface area (Å²) in [6.45, 7) is 4.23. The first-order chi connectivity index (χ1) is 14.6. The van der Waals surface area contributed by atoms with Crippen molar-refractivity contribution in [1.29, 1.82) is 0 Å². The minimum atomic E-state index is 0.501. The molecule has 4 nitrogen and oxygen atoms in total. The minimum absolute atomic E-state index is 0.501. The van der Waals surface area contributed by atoms with Crippen molar-refractivity contribution in [3.63, 3.8) is 0 Å². The van der Waals surface area contributed by atoms with Gasteiger partial charge in [0.1, 0.15) is 12.4 Å². The van der Waals surface area contributed by atoms with Gasteiger partial charge in [0.2, 0.25) is 0 Å². The van der Waals surface area contributed by atoms with Gasteiger partial charge in [-0.05, 0) is 82.3 Å². The maximum absolute atomic E-state index is 6.08. The van der Waals surface area contributed by atoms with E-state index in [0.717, 1.165) is 52.4 Å². The molecule has 0 heterocycles. The van der Waals surface area contributed by atoms with Gasteiger partial charge in [-0.3, -0.25) is 0 Å². The summed E-state index contributed by atoms with van der Waals surface area (Å²) in [5, 5.41) is 3.49. The van der Waals surface area contributed by atoms with Crippen LogP contribution in [-0.4, -0.2) is 20.8 Å². The molecule has 0 saturated carbocycles. The van der Waals surface area contributed by atoms with Crippen molar-refractivity contribution in [2.75, 3.05) is 20.8 Å². The molecule has 0 aliphatic carbocycles. The predicted octanol–water partition coefficient (Wildman–Crippen LogP) is 5.69. The summed E-state index contributed by atoms with van der Waals surface area (Å²) < 4.78 is 17.8.